The average Bonchev–Trinajstić information content (AvgIpc) is 3.23. The van der Waals surface area contributed by atoms with Crippen molar-refractivity contribution in [3.8, 4) is 0 Å². The Morgan fingerprint density at radius 2 is 2.00 bits per heavy atom. The molecule has 7 heteroatoms. The van der Waals surface area contributed by atoms with Crippen LogP contribution in [0.15, 0.2) is 42.0 Å². The fourth-order valence-electron chi connectivity index (χ4n) is 3.22. The first-order valence-corrected chi connectivity index (χ1v) is 10.2. The lowest BCUT2D eigenvalue weighted by atomic mass is 10.1. The molecule has 0 aromatic carbocycles. The molecule has 6 nitrogen and oxygen atoms in total. The zero-order chi connectivity index (χ0) is 19.1. The molecule has 0 aliphatic carbocycles. The Kier molecular flexibility index (Phi) is 7.09. The summed E-state index contributed by atoms with van der Waals surface area (Å²) >= 11 is 1.73. The van der Waals surface area contributed by atoms with E-state index in [0.29, 0.717) is 12.1 Å². The standard InChI is InChI=1S/C20H26N4O2S/c1-23-9-11-24(12-10-23)17(19-5-3-13-27-19)15-22-20(26)7-6-18(25)16-4-2-8-21-14-16/h2-5,8,13-14,17H,6-7,9-12,15H2,1H3,(H,22,26). The number of carbonyl (C=O) groups is 2. The maximum absolute atomic E-state index is 12.3. The van der Waals surface area contributed by atoms with E-state index >= 15 is 0 Å². The number of nitrogens with one attached hydrogen (secondary N) is 1. The van der Waals surface area contributed by atoms with Gasteiger partial charge < -0.3 is 10.2 Å². The van der Waals surface area contributed by atoms with Crippen LogP contribution in [0.4, 0.5) is 0 Å². The first-order valence-electron chi connectivity index (χ1n) is 9.29. The molecule has 1 aliphatic rings. The zero-order valence-electron chi connectivity index (χ0n) is 15.6. The van der Waals surface area contributed by atoms with Crippen LogP contribution < -0.4 is 5.32 Å². The van der Waals surface area contributed by atoms with Crippen molar-refractivity contribution in [2.45, 2.75) is 18.9 Å². The van der Waals surface area contributed by atoms with Gasteiger partial charge in [-0.3, -0.25) is 19.5 Å². The maximum atomic E-state index is 12.3. The second-order valence-corrected chi connectivity index (χ2v) is 7.82. The van der Waals surface area contributed by atoms with Crippen molar-refractivity contribution in [3.05, 3.63) is 52.5 Å². The number of hydrogen-bond acceptors (Lipinski definition) is 6. The van der Waals surface area contributed by atoms with Crippen molar-refractivity contribution in [1.29, 1.82) is 0 Å². The summed E-state index contributed by atoms with van der Waals surface area (Å²) in [7, 11) is 2.14. The average molecular weight is 387 g/mol. The van der Waals surface area contributed by atoms with Crippen molar-refractivity contribution in [1.82, 2.24) is 20.1 Å². The summed E-state index contributed by atoms with van der Waals surface area (Å²) in [4.78, 5) is 34.4. The van der Waals surface area contributed by atoms with Crippen LogP contribution in [-0.4, -0.2) is 66.2 Å². The number of aromatic nitrogens is 1. The quantitative estimate of drug-likeness (QED) is 0.705. The Hall–Kier alpha value is -2.09. The van der Waals surface area contributed by atoms with Gasteiger partial charge in [-0.2, -0.15) is 0 Å². The molecule has 1 N–H and O–H groups in total. The van der Waals surface area contributed by atoms with Gasteiger partial charge in [0.25, 0.3) is 0 Å². The number of ketones is 1. The molecule has 27 heavy (non-hydrogen) atoms. The highest BCUT2D eigenvalue weighted by Gasteiger charge is 2.25. The Morgan fingerprint density at radius 3 is 2.67 bits per heavy atom. The van der Waals surface area contributed by atoms with E-state index in [9.17, 15) is 9.59 Å². The van der Waals surface area contributed by atoms with Crippen molar-refractivity contribution in [2.75, 3.05) is 39.8 Å². The number of likely N-dealkylation sites (N-methyl/N-ethyl adjacent to an activating group) is 1. The molecule has 0 bridgehead atoms. The molecule has 3 heterocycles. The lowest BCUT2D eigenvalue weighted by molar-refractivity contribution is -0.121. The minimum Gasteiger partial charge on any atom is -0.354 e. The van der Waals surface area contributed by atoms with Crippen LogP contribution >= 0.6 is 11.3 Å². The van der Waals surface area contributed by atoms with Crippen LogP contribution in [0.5, 0.6) is 0 Å². The number of piperazine rings is 1. The van der Waals surface area contributed by atoms with Gasteiger partial charge in [0.15, 0.2) is 5.78 Å². The molecule has 3 rings (SSSR count). The third-order valence-corrected chi connectivity index (χ3v) is 5.88. The van der Waals surface area contributed by atoms with E-state index in [-0.39, 0.29) is 30.6 Å². The molecule has 0 spiro atoms. The summed E-state index contributed by atoms with van der Waals surface area (Å²) in [5, 5.41) is 5.11. The molecular weight excluding hydrogens is 360 g/mol. The third-order valence-electron chi connectivity index (χ3n) is 4.91. The Bertz CT molecular complexity index is 728. The fraction of sp³-hybridized carbons (Fsp3) is 0.450. The lowest BCUT2D eigenvalue weighted by Crippen LogP contribution is -2.48. The number of thiophene rings is 1. The van der Waals surface area contributed by atoms with Gasteiger partial charge in [0.05, 0.1) is 6.04 Å². The van der Waals surface area contributed by atoms with Gasteiger partial charge in [0, 0.05) is 68.4 Å². The zero-order valence-corrected chi connectivity index (χ0v) is 16.5. The second-order valence-electron chi connectivity index (χ2n) is 6.84. The number of rotatable bonds is 8. The van der Waals surface area contributed by atoms with Gasteiger partial charge in [0.1, 0.15) is 0 Å². The van der Waals surface area contributed by atoms with E-state index in [4.69, 9.17) is 0 Å². The molecule has 0 saturated carbocycles. The summed E-state index contributed by atoms with van der Waals surface area (Å²) in [6.07, 6.45) is 3.58. The monoisotopic (exact) mass is 386 g/mol. The minimum absolute atomic E-state index is 0.0490. The highest BCUT2D eigenvalue weighted by molar-refractivity contribution is 7.10. The SMILES string of the molecule is CN1CCN(C(CNC(=O)CCC(=O)c2cccnc2)c2cccs2)CC1. The van der Waals surface area contributed by atoms with Crippen LogP contribution in [0, 0.1) is 0 Å². The molecule has 1 aliphatic heterocycles. The molecular formula is C20H26N4O2S. The largest absolute Gasteiger partial charge is 0.354 e. The summed E-state index contributed by atoms with van der Waals surface area (Å²) in [6, 6.07) is 7.84. The molecule has 1 unspecified atom stereocenters. The topological polar surface area (TPSA) is 65.5 Å². The van der Waals surface area contributed by atoms with Gasteiger partial charge in [-0.1, -0.05) is 6.07 Å². The molecule has 1 fully saturated rings. The summed E-state index contributed by atoms with van der Waals surface area (Å²) in [5.74, 6) is -0.130. The second kappa shape index (κ2) is 9.73. The van der Waals surface area contributed by atoms with Crippen LogP contribution in [0.3, 0.4) is 0 Å². The van der Waals surface area contributed by atoms with Gasteiger partial charge in [-0.15, -0.1) is 11.3 Å². The Labute approximate surface area is 164 Å². The molecule has 1 saturated heterocycles. The highest BCUT2D eigenvalue weighted by Crippen LogP contribution is 2.25. The Morgan fingerprint density at radius 1 is 1.19 bits per heavy atom. The predicted molar refractivity (Wildman–Crippen MR) is 107 cm³/mol. The van der Waals surface area contributed by atoms with Crippen LogP contribution in [0.1, 0.15) is 34.1 Å². The normalized spacial score (nSPS) is 16.8. The molecule has 144 valence electrons. The van der Waals surface area contributed by atoms with E-state index < -0.39 is 0 Å². The number of nitrogens with zero attached hydrogens (tertiary/aromatic N) is 3. The van der Waals surface area contributed by atoms with E-state index in [1.54, 1.807) is 35.9 Å². The van der Waals surface area contributed by atoms with Gasteiger partial charge >= 0.3 is 0 Å². The van der Waals surface area contributed by atoms with Gasteiger partial charge in [-0.05, 0) is 30.6 Å². The highest BCUT2D eigenvalue weighted by atomic mass is 32.1. The molecule has 0 radical (unpaired) electrons. The van der Waals surface area contributed by atoms with Crippen molar-refractivity contribution >= 4 is 23.0 Å². The van der Waals surface area contributed by atoms with E-state index in [1.807, 2.05) is 0 Å². The van der Waals surface area contributed by atoms with E-state index in [2.05, 4.69) is 44.7 Å². The summed E-state index contributed by atoms with van der Waals surface area (Å²) in [5.41, 5.74) is 0.555. The van der Waals surface area contributed by atoms with Gasteiger partial charge in [0.2, 0.25) is 5.91 Å². The number of Topliss-reactive ketones (excluding diaryl/α,β-unsaturated/α-hetero) is 1. The number of carbonyl (C=O) groups excluding carboxylic acids is 2. The predicted octanol–water partition coefficient (Wildman–Crippen LogP) is 2.21. The van der Waals surface area contributed by atoms with E-state index in [0.717, 1.165) is 26.2 Å². The maximum Gasteiger partial charge on any atom is 0.220 e. The number of hydrogen-bond donors (Lipinski definition) is 1. The lowest BCUT2D eigenvalue weighted by Gasteiger charge is -2.37. The first kappa shape index (κ1) is 19.7. The molecule has 1 atom stereocenters. The summed E-state index contributed by atoms with van der Waals surface area (Å²) < 4.78 is 0. The third kappa shape index (κ3) is 5.69. The van der Waals surface area contributed by atoms with E-state index in [1.165, 1.54) is 4.88 Å². The van der Waals surface area contributed by atoms with Crippen LogP contribution in [-0.2, 0) is 4.79 Å². The van der Waals surface area contributed by atoms with Gasteiger partial charge in [-0.25, -0.2) is 0 Å². The smallest absolute Gasteiger partial charge is 0.220 e. The van der Waals surface area contributed by atoms with Crippen LogP contribution in [0.2, 0.25) is 0 Å². The Balaban J connectivity index is 1.51. The number of amides is 1. The molecule has 2 aromatic rings. The van der Waals surface area contributed by atoms with Crippen molar-refractivity contribution < 1.29 is 9.59 Å². The van der Waals surface area contributed by atoms with Crippen LogP contribution in [0.25, 0.3) is 0 Å². The minimum atomic E-state index is -0.0806. The molecule has 1 amide bonds. The van der Waals surface area contributed by atoms with Crippen molar-refractivity contribution in [2.24, 2.45) is 0 Å². The molecule has 2 aromatic heterocycles. The summed E-state index contributed by atoms with van der Waals surface area (Å²) in [6.45, 7) is 4.64. The number of pyridine rings is 1. The van der Waals surface area contributed by atoms with Crippen molar-refractivity contribution in [3.63, 3.8) is 0 Å². The first-order chi connectivity index (χ1) is 13.1. The fourth-order valence-corrected chi connectivity index (χ4v) is 4.08.